The largest absolute Gasteiger partial charge is 0.348 e. The Morgan fingerprint density at radius 2 is 1.84 bits per heavy atom. The molecular formula is C18H21FN2O3S. The molecule has 7 heteroatoms. The van der Waals surface area contributed by atoms with Crippen LogP contribution in [0.5, 0.6) is 0 Å². The van der Waals surface area contributed by atoms with Gasteiger partial charge in [0.05, 0.1) is 10.5 Å². The lowest BCUT2D eigenvalue weighted by molar-refractivity contribution is 0.0947. The number of sulfonamides is 1. The molecule has 0 aliphatic heterocycles. The van der Waals surface area contributed by atoms with Gasteiger partial charge in [0.2, 0.25) is 10.0 Å². The topological polar surface area (TPSA) is 75.3 Å². The van der Waals surface area contributed by atoms with Gasteiger partial charge in [0.15, 0.2) is 0 Å². The van der Waals surface area contributed by atoms with Crippen LogP contribution in [0, 0.1) is 12.7 Å². The lowest BCUT2D eigenvalue weighted by Crippen LogP contribution is -2.33. The van der Waals surface area contributed by atoms with Crippen LogP contribution in [0.25, 0.3) is 0 Å². The number of rotatable bonds is 6. The van der Waals surface area contributed by atoms with Crippen molar-refractivity contribution in [3.05, 3.63) is 65.0 Å². The first-order valence-electron chi connectivity index (χ1n) is 7.85. The molecule has 0 aromatic heterocycles. The van der Waals surface area contributed by atoms with Gasteiger partial charge in [0.25, 0.3) is 5.91 Å². The van der Waals surface area contributed by atoms with Gasteiger partial charge >= 0.3 is 0 Å². The highest BCUT2D eigenvalue weighted by molar-refractivity contribution is 7.89. The summed E-state index contributed by atoms with van der Waals surface area (Å²) in [6, 6.07) is 10.3. The van der Waals surface area contributed by atoms with E-state index in [1.54, 1.807) is 45.0 Å². The average molecular weight is 364 g/mol. The second kappa shape index (κ2) is 7.76. The minimum atomic E-state index is -3.79. The highest BCUT2D eigenvalue weighted by Crippen LogP contribution is 2.16. The molecular weight excluding hydrogens is 343 g/mol. The van der Waals surface area contributed by atoms with Crippen molar-refractivity contribution in [2.75, 3.05) is 0 Å². The average Bonchev–Trinajstić information content (AvgIpc) is 2.54. The molecule has 0 fully saturated rings. The van der Waals surface area contributed by atoms with Gasteiger partial charge in [-0.05, 0) is 50.1 Å². The number of amides is 1. The summed E-state index contributed by atoms with van der Waals surface area (Å²) in [4.78, 5) is 12.4. The number of aryl methyl sites for hydroxylation is 1. The molecule has 25 heavy (non-hydrogen) atoms. The smallest absolute Gasteiger partial charge is 0.252 e. The SMILES string of the molecule is Cc1cc(CNC(=O)c2ccccc2S(=O)(=O)NC(C)C)ccc1F. The summed E-state index contributed by atoms with van der Waals surface area (Å²) < 4.78 is 40.5. The molecule has 0 heterocycles. The van der Waals surface area contributed by atoms with E-state index in [9.17, 15) is 17.6 Å². The van der Waals surface area contributed by atoms with Crippen molar-refractivity contribution in [1.29, 1.82) is 0 Å². The summed E-state index contributed by atoms with van der Waals surface area (Å²) >= 11 is 0. The quantitative estimate of drug-likeness (QED) is 0.828. The summed E-state index contributed by atoms with van der Waals surface area (Å²) in [5.41, 5.74) is 1.28. The lowest BCUT2D eigenvalue weighted by atomic mass is 10.1. The van der Waals surface area contributed by atoms with Crippen molar-refractivity contribution in [2.45, 2.75) is 38.3 Å². The standard InChI is InChI=1S/C18H21FN2O3S/c1-12(2)21-25(23,24)17-7-5-4-6-15(17)18(22)20-11-14-8-9-16(19)13(3)10-14/h4-10,12,21H,11H2,1-3H3,(H,20,22). The van der Waals surface area contributed by atoms with Crippen LogP contribution in [-0.2, 0) is 16.6 Å². The highest BCUT2D eigenvalue weighted by Gasteiger charge is 2.22. The number of hydrogen-bond donors (Lipinski definition) is 2. The van der Waals surface area contributed by atoms with Gasteiger partial charge in [-0.15, -0.1) is 0 Å². The molecule has 0 radical (unpaired) electrons. The number of halogens is 1. The first-order chi connectivity index (χ1) is 11.7. The van der Waals surface area contributed by atoms with E-state index >= 15 is 0 Å². The molecule has 0 aliphatic carbocycles. The predicted molar refractivity (Wildman–Crippen MR) is 94.2 cm³/mol. The third-order valence-electron chi connectivity index (χ3n) is 3.49. The number of benzene rings is 2. The third kappa shape index (κ3) is 4.87. The van der Waals surface area contributed by atoms with E-state index in [2.05, 4.69) is 10.0 Å². The van der Waals surface area contributed by atoms with Crippen molar-refractivity contribution in [1.82, 2.24) is 10.0 Å². The Hall–Kier alpha value is -2.25. The van der Waals surface area contributed by atoms with Crippen molar-refractivity contribution in [2.24, 2.45) is 0 Å². The van der Waals surface area contributed by atoms with Crippen molar-refractivity contribution in [3.63, 3.8) is 0 Å². The number of nitrogens with one attached hydrogen (secondary N) is 2. The molecule has 0 spiro atoms. The van der Waals surface area contributed by atoms with Crippen molar-refractivity contribution < 1.29 is 17.6 Å². The molecule has 1 amide bonds. The van der Waals surface area contributed by atoms with Crippen LogP contribution in [0.4, 0.5) is 4.39 Å². The molecule has 0 saturated carbocycles. The molecule has 5 nitrogen and oxygen atoms in total. The van der Waals surface area contributed by atoms with Crippen molar-refractivity contribution >= 4 is 15.9 Å². The van der Waals surface area contributed by atoms with Crippen LogP contribution in [-0.4, -0.2) is 20.4 Å². The highest BCUT2D eigenvalue weighted by atomic mass is 32.2. The van der Waals surface area contributed by atoms with Crippen molar-refractivity contribution in [3.8, 4) is 0 Å². The summed E-state index contributed by atoms with van der Waals surface area (Å²) in [5, 5.41) is 2.67. The fourth-order valence-electron chi connectivity index (χ4n) is 2.36. The maximum atomic E-state index is 13.3. The molecule has 2 aromatic rings. The zero-order valence-corrected chi connectivity index (χ0v) is 15.2. The monoisotopic (exact) mass is 364 g/mol. The van der Waals surface area contributed by atoms with Gasteiger partial charge in [0, 0.05) is 12.6 Å². The van der Waals surface area contributed by atoms with E-state index in [4.69, 9.17) is 0 Å². The van der Waals surface area contributed by atoms with Gasteiger partial charge in [-0.3, -0.25) is 4.79 Å². The van der Waals surface area contributed by atoms with Gasteiger partial charge in [-0.25, -0.2) is 17.5 Å². The van der Waals surface area contributed by atoms with Crippen LogP contribution < -0.4 is 10.0 Å². The maximum Gasteiger partial charge on any atom is 0.252 e. The summed E-state index contributed by atoms with van der Waals surface area (Å²) in [6.45, 7) is 5.22. The molecule has 2 rings (SSSR count). The minimum absolute atomic E-state index is 0.0643. The normalized spacial score (nSPS) is 11.6. The van der Waals surface area contributed by atoms with E-state index in [-0.39, 0.29) is 28.9 Å². The van der Waals surface area contributed by atoms with Gasteiger partial charge in [-0.2, -0.15) is 0 Å². The number of carbonyl (C=O) groups excluding carboxylic acids is 1. The fourth-order valence-corrected chi connectivity index (χ4v) is 3.81. The molecule has 0 atom stereocenters. The second-order valence-electron chi connectivity index (χ2n) is 6.04. The minimum Gasteiger partial charge on any atom is -0.348 e. The van der Waals surface area contributed by atoms with Crippen LogP contribution in [0.15, 0.2) is 47.4 Å². The zero-order valence-electron chi connectivity index (χ0n) is 14.3. The first-order valence-corrected chi connectivity index (χ1v) is 9.33. The number of carbonyl (C=O) groups is 1. The molecule has 0 unspecified atom stereocenters. The van der Waals surface area contributed by atoms with Crippen LogP contribution in [0.1, 0.15) is 35.3 Å². The van der Waals surface area contributed by atoms with Crippen LogP contribution in [0.3, 0.4) is 0 Å². The Balaban J connectivity index is 2.21. The molecule has 2 N–H and O–H groups in total. The molecule has 0 saturated heterocycles. The van der Waals surface area contributed by atoms with Gasteiger partial charge in [0.1, 0.15) is 5.82 Å². The van der Waals surface area contributed by atoms with E-state index in [0.29, 0.717) is 5.56 Å². The Kier molecular flexibility index (Phi) is 5.92. The molecule has 134 valence electrons. The molecule has 2 aromatic carbocycles. The van der Waals surface area contributed by atoms with Gasteiger partial charge < -0.3 is 5.32 Å². The predicted octanol–water partition coefficient (Wildman–Crippen LogP) is 2.75. The fraction of sp³-hybridized carbons (Fsp3) is 0.278. The second-order valence-corrected chi connectivity index (χ2v) is 7.72. The maximum absolute atomic E-state index is 13.3. The number of hydrogen-bond acceptors (Lipinski definition) is 3. The Labute approximate surface area is 147 Å². The molecule has 0 bridgehead atoms. The van der Waals surface area contributed by atoms with E-state index in [0.717, 1.165) is 5.56 Å². The van der Waals surface area contributed by atoms with E-state index < -0.39 is 15.9 Å². The lowest BCUT2D eigenvalue weighted by Gasteiger charge is -2.13. The Morgan fingerprint density at radius 3 is 2.48 bits per heavy atom. The molecule has 0 aliphatic rings. The Bertz CT molecular complexity index is 880. The Morgan fingerprint density at radius 1 is 1.16 bits per heavy atom. The zero-order chi connectivity index (χ0) is 18.6. The first kappa shape index (κ1) is 19.1. The van der Waals surface area contributed by atoms with Crippen LogP contribution >= 0.6 is 0 Å². The summed E-state index contributed by atoms with van der Waals surface area (Å²) in [7, 11) is -3.79. The van der Waals surface area contributed by atoms with Crippen LogP contribution in [0.2, 0.25) is 0 Å². The van der Waals surface area contributed by atoms with Gasteiger partial charge in [-0.1, -0.05) is 24.3 Å². The third-order valence-corrected chi connectivity index (χ3v) is 5.20. The van der Waals surface area contributed by atoms with E-state index in [1.165, 1.54) is 18.2 Å². The van der Waals surface area contributed by atoms with E-state index in [1.807, 2.05) is 0 Å². The summed E-state index contributed by atoms with van der Waals surface area (Å²) in [5.74, 6) is -0.821. The summed E-state index contributed by atoms with van der Waals surface area (Å²) in [6.07, 6.45) is 0.